The van der Waals surface area contributed by atoms with Crippen LogP contribution in [0.5, 0.6) is 5.75 Å². The molecule has 33 heavy (non-hydrogen) atoms. The lowest BCUT2D eigenvalue weighted by atomic mass is 10.1. The zero-order chi connectivity index (χ0) is 23.4. The Morgan fingerprint density at radius 2 is 1.94 bits per heavy atom. The van der Waals surface area contributed by atoms with Gasteiger partial charge in [-0.3, -0.25) is 4.79 Å². The van der Waals surface area contributed by atoms with Crippen molar-refractivity contribution in [2.45, 2.75) is 26.1 Å². The van der Waals surface area contributed by atoms with Crippen LogP contribution in [0.2, 0.25) is 0 Å². The molecule has 0 aliphatic carbocycles. The van der Waals surface area contributed by atoms with Gasteiger partial charge in [0, 0.05) is 23.6 Å². The number of nitrogens with one attached hydrogen (secondary N) is 1. The zero-order valence-electron chi connectivity index (χ0n) is 17.2. The van der Waals surface area contributed by atoms with Crippen molar-refractivity contribution in [2.75, 3.05) is 5.32 Å². The second-order valence-corrected chi connectivity index (χ2v) is 7.85. The van der Waals surface area contributed by atoms with Crippen LogP contribution in [0.15, 0.2) is 58.4 Å². The lowest BCUT2D eigenvalue weighted by molar-refractivity contribution is -0.137. The molecule has 1 amide bonds. The molecule has 0 fully saturated rings. The molecule has 4 aromatic rings. The van der Waals surface area contributed by atoms with Crippen molar-refractivity contribution in [1.29, 1.82) is 0 Å². The number of carbonyl (C=O) groups excluding carboxylic acids is 1. The second kappa shape index (κ2) is 9.41. The first kappa shape index (κ1) is 22.5. The summed E-state index contributed by atoms with van der Waals surface area (Å²) < 4.78 is 49.2. The predicted molar refractivity (Wildman–Crippen MR) is 115 cm³/mol. The van der Waals surface area contributed by atoms with Gasteiger partial charge in [-0.2, -0.15) is 18.2 Å². The SMILES string of the molecule is Cc1nc(COc2ccc(NC(=O)Cc3csc(-c4cccc(C(F)(F)F)c4)n3)cc2)no1. The molecular formula is C22H17F3N4O3S. The molecule has 7 nitrogen and oxygen atoms in total. The first-order valence-corrected chi connectivity index (χ1v) is 10.6. The maximum Gasteiger partial charge on any atom is 0.416 e. The van der Waals surface area contributed by atoms with E-state index in [4.69, 9.17) is 9.26 Å². The van der Waals surface area contributed by atoms with Gasteiger partial charge in [-0.15, -0.1) is 11.3 Å². The van der Waals surface area contributed by atoms with Crippen molar-refractivity contribution < 1.29 is 27.2 Å². The fourth-order valence-electron chi connectivity index (χ4n) is 2.90. The van der Waals surface area contributed by atoms with Gasteiger partial charge in [0.1, 0.15) is 10.8 Å². The van der Waals surface area contributed by atoms with Crippen molar-refractivity contribution in [2.24, 2.45) is 0 Å². The molecule has 0 spiro atoms. The minimum atomic E-state index is -4.43. The average molecular weight is 474 g/mol. The third-order valence-corrected chi connectivity index (χ3v) is 5.35. The molecule has 0 unspecified atom stereocenters. The number of amides is 1. The van der Waals surface area contributed by atoms with Crippen LogP contribution in [-0.4, -0.2) is 21.0 Å². The third-order valence-electron chi connectivity index (χ3n) is 4.41. The molecule has 4 rings (SSSR count). The fraction of sp³-hybridized carbons (Fsp3) is 0.182. The molecule has 0 bridgehead atoms. The Kier molecular flexibility index (Phi) is 6.40. The number of aromatic nitrogens is 3. The van der Waals surface area contributed by atoms with Crippen LogP contribution in [0.25, 0.3) is 10.6 Å². The molecule has 1 N–H and O–H groups in total. The molecule has 170 valence electrons. The Balaban J connectivity index is 1.32. The van der Waals surface area contributed by atoms with Gasteiger partial charge in [0.05, 0.1) is 17.7 Å². The molecular weight excluding hydrogens is 457 g/mol. The summed E-state index contributed by atoms with van der Waals surface area (Å²) in [5.41, 5.74) is 0.652. The summed E-state index contributed by atoms with van der Waals surface area (Å²) in [5, 5.41) is 8.57. The summed E-state index contributed by atoms with van der Waals surface area (Å²) in [6, 6.07) is 11.7. The van der Waals surface area contributed by atoms with E-state index in [1.54, 1.807) is 42.6 Å². The fourth-order valence-corrected chi connectivity index (χ4v) is 3.72. The number of alkyl halides is 3. The molecule has 0 radical (unpaired) electrons. The summed E-state index contributed by atoms with van der Waals surface area (Å²) >= 11 is 1.19. The van der Waals surface area contributed by atoms with Crippen LogP contribution >= 0.6 is 11.3 Å². The van der Waals surface area contributed by atoms with E-state index in [2.05, 4.69) is 20.4 Å². The summed E-state index contributed by atoms with van der Waals surface area (Å²) in [7, 11) is 0. The van der Waals surface area contributed by atoms with Gasteiger partial charge in [0.15, 0.2) is 6.61 Å². The van der Waals surface area contributed by atoms with E-state index in [1.165, 1.54) is 17.4 Å². The van der Waals surface area contributed by atoms with Crippen molar-refractivity contribution in [3.05, 3.63) is 76.9 Å². The number of carbonyl (C=O) groups is 1. The number of nitrogens with zero attached hydrogens (tertiary/aromatic N) is 3. The van der Waals surface area contributed by atoms with Gasteiger partial charge in [0.2, 0.25) is 17.6 Å². The number of halogens is 3. The Hall–Kier alpha value is -3.73. The molecule has 0 aliphatic rings. The Morgan fingerprint density at radius 1 is 1.15 bits per heavy atom. The monoisotopic (exact) mass is 474 g/mol. The molecule has 2 aromatic heterocycles. The van der Waals surface area contributed by atoms with Crippen LogP contribution in [0.1, 0.15) is 23.0 Å². The Morgan fingerprint density at radius 3 is 2.64 bits per heavy atom. The first-order chi connectivity index (χ1) is 15.8. The van der Waals surface area contributed by atoms with Crippen molar-refractivity contribution in [1.82, 2.24) is 15.1 Å². The third kappa shape index (κ3) is 5.95. The summed E-state index contributed by atoms with van der Waals surface area (Å²) in [4.78, 5) is 20.7. The van der Waals surface area contributed by atoms with E-state index < -0.39 is 11.7 Å². The normalized spacial score (nSPS) is 11.4. The van der Waals surface area contributed by atoms with E-state index in [0.29, 0.717) is 39.4 Å². The quantitative estimate of drug-likeness (QED) is 0.392. The van der Waals surface area contributed by atoms with Crippen molar-refractivity contribution in [3.63, 3.8) is 0 Å². The highest BCUT2D eigenvalue weighted by Crippen LogP contribution is 2.33. The van der Waals surface area contributed by atoms with E-state index in [0.717, 1.165) is 12.1 Å². The number of anilines is 1. The van der Waals surface area contributed by atoms with E-state index in [-0.39, 0.29) is 18.9 Å². The first-order valence-electron chi connectivity index (χ1n) is 9.70. The number of benzene rings is 2. The summed E-state index contributed by atoms with van der Waals surface area (Å²) in [5.74, 6) is 1.15. The zero-order valence-corrected chi connectivity index (χ0v) is 18.0. The minimum absolute atomic E-state index is 0.00904. The summed E-state index contributed by atoms with van der Waals surface area (Å²) in [6.45, 7) is 1.84. The predicted octanol–water partition coefficient (Wildman–Crippen LogP) is 5.28. The molecule has 2 aromatic carbocycles. The van der Waals surface area contributed by atoms with Crippen LogP contribution in [-0.2, 0) is 24.0 Å². The van der Waals surface area contributed by atoms with Gasteiger partial charge in [-0.1, -0.05) is 17.3 Å². The number of aryl methyl sites for hydroxylation is 1. The van der Waals surface area contributed by atoms with Gasteiger partial charge in [0.25, 0.3) is 0 Å². The molecule has 0 atom stereocenters. The highest BCUT2D eigenvalue weighted by Gasteiger charge is 2.30. The van der Waals surface area contributed by atoms with Gasteiger partial charge < -0.3 is 14.6 Å². The molecule has 0 aliphatic heterocycles. The largest absolute Gasteiger partial charge is 0.485 e. The smallest absolute Gasteiger partial charge is 0.416 e. The maximum atomic E-state index is 12.9. The Bertz CT molecular complexity index is 1250. The summed E-state index contributed by atoms with van der Waals surface area (Å²) in [6.07, 6.45) is -4.44. The molecule has 11 heteroatoms. The number of hydrogen-bond acceptors (Lipinski definition) is 7. The van der Waals surface area contributed by atoms with Crippen LogP contribution in [0, 0.1) is 6.92 Å². The van der Waals surface area contributed by atoms with Crippen molar-refractivity contribution in [3.8, 4) is 16.3 Å². The van der Waals surface area contributed by atoms with E-state index in [9.17, 15) is 18.0 Å². The van der Waals surface area contributed by atoms with Crippen molar-refractivity contribution >= 4 is 22.9 Å². The van der Waals surface area contributed by atoms with Gasteiger partial charge in [-0.05, 0) is 36.4 Å². The van der Waals surface area contributed by atoms with Crippen LogP contribution in [0.4, 0.5) is 18.9 Å². The second-order valence-electron chi connectivity index (χ2n) is 6.99. The lowest BCUT2D eigenvalue weighted by Crippen LogP contribution is -2.14. The topological polar surface area (TPSA) is 90.1 Å². The highest BCUT2D eigenvalue weighted by atomic mass is 32.1. The Labute approximate surface area is 190 Å². The van der Waals surface area contributed by atoms with E-state index in [1.807, 2.05) is 0 Å². The van der Waals surface area contributed by atoms with E-state index >= 15 is 0 Å². The molecule has 2 heterocycles. The average Bonchev–Trinajstić information content (AvgIpc) is 3.41. The van der Waals surface area contributed by atoms with Gasteiger partial charge >= 0.3 is 6.18 Å². The van der Waals surface area contributed by atoms with Gasteiger partial charge in [-0.25, -0.2) is 4.98 Å². The maximum absolute atomic E-state index is 12.9. The number of rotatable bonds is 7. The molecule has 0 saturated carbocycles. The standard InChI is InChI=1S/C22H17F3N4O3S/c1-13-26-19(29-32-13)11-31-18-7-5-16(6-8-18)27-20(30)10-17-12-33-21(28-17)14-3-2-4-15(9-14)22(23,24)25/h2-9,12H,10-11H2,1H3,(H,27,30). The molecule has 0 saturated heterocycles. The number of ether oxygens (including phenoxy) is 1. The number of hydrogen-bond donors (Lipinski definition) is 1. The lowest BCUT2D eigenvalue weighted by Gasteiger charge is -2.07. The van der Waals surface area contributed by atoms with Crippen LogP contribution in [0.3, 0.4) is 0 Å². The van der Waals surface area contributed by atoms with Crippen LogP contribution < -0.4 is 10.1 Å². The number of thiazole rings is 1. The minimum Gasteiger partial charge on any atom is -0.485 e. The highest BCUT2D eigenvalue weighted by molar-refractivity contribution is 7.13.